The molecule has 1 fully saturated rings. The lowest BCUT2D eigenvalue weighted by Crippen LogP contribution is -2.37. The van der Waals surface area contributed by atoms with Crippen LogP contribution in [0.5, 0.6) is 0 Å². The number of aryl methyl sites for hydroxylation is 1. The summed E-state index contributed by atoms with van der Waals surface area (Å²) in [7, 11) is 0. The van der Waals surface area contributed by atoms with E-state index in [1.807, 2.05) is 6.92 Å². The maximum absolute atomic E-state index is 13.0. The van der Waals surface area contributed by atoms with Crippen LogP contribution in [0.2, 0.25) is 0 Å². The molecule has 122 valence electrons. The van der Waals surface area contributed by atoms with Crippen LogP contribution < -0.4 is 11.3 Å². The Labute approximate surface area is 124 Å². The Balaban J connectivity index is 2.16. The summed E-state index contributed by atoms with van der Waals surface area (Å²) in [5.41, 5.74) is 5.29. The molecule has 1 saturated heterocycles. The lowest BCUT2D eigenvalue weighted by atomic mass is 9.95. The van der Waals surface area contributed by atoms with E-state index in [-0.39, 0.29) is 31.0 Å². The Hall–Kier alpha value is -1.90. The zero-order valence-corrected chi connectivity index (χ0v) is 12.0. The molecule has 2 rings (SSSR count). The first-order chi connectivity index (χ1) is 10.2. The number of rotatable bonds is 4. The average Bonchev–Trinajstić information content (AvgIpc) is 2.82. The summed E-state index contributed by atoms with van der Waals surface area (Å²) in [6.45, 7) is 1.43. The van der Waals surface area contributed by atoms with Gasteiger partial charge in [-0.2, -0.15) is 13.2 Å². The number of halogens is 3. The molecule has 1 amide bonds. The van der Waals surface area contributed by atoms with Gasteiger partial charge in [0.05, 0.1) is 18.4 Å². The fourth-order valence-corrected chi connectivity index (χ4v) is 2.67. The summed E-state index contributed by atoms with van der Waals surface area (Å²) < 4.78 is 38.9. The van der Waals surface area contributed by atoms with Crippen molar-refractivity contribution in [2.45, 2.75) is 26.1 Å². The minimum atomic E-state index is -4.49. The van der Waals surface area contributed by atoms with Gasteiger partial charge in [0.1, 0.15) is 5.82 Å². The fraction of sp³-hybridized carbons (Fsp3) is 0.615. The molecule has 0 bridgehead atoms. The van der Waals surface area contributed by atoms with Crippen LogP contribution in [0.25, 0.3) is 0 Å². The highest BCUT2D eigenvalue weighted by Gasteiger charge is 2.51. The number of likely N-dealkylation sites (tertiary alicyclic amines) is 1. The summed E-state index contributed by atoms with van der Waals surface area (Å²) in [6, 6.07) is 1.35. The standard InChI is InChI=1S/C13H17F3N4O2/c1-2-7-3-11(21)19-10(18-7)6-20-4-8(12(17)22)9(5-20)13(14,15)16/h3,8-9H,2,4-6H2,1H3,(H2,17,22)(H,18,19,21)/t8-,9-/m1/s1. The van der Waals surface area contributed by atoms with Crippen molar-refractivity contribution in [1.29, 1.82) is 0 Å². The topological polar surface area (TPSA) is 92.1 Å². The number of aromatic amines is 1. The molecule has 22 heavy (non-hydrogen) atoms. The number of nitrogens with zero attached hydrogens (tertiary/aromatic N) is 2. The van der Waals surface area contributed by atoms with E-state index in [1.54, 1.807) is 0 Å². The molecule has 0 spiro atoms. The van der Waals surface area contributed by atoms with E-state index in [1.165, 1.54) is 11.0 Å². The number of nitrogens with two attached hydrogens (primary N) is 1. The fourth-order valence-electron chi connectivity index (χ4n) is 2.67. The predicted octanol–water partition coefficient (Wildman–Crippen LogP) is 0.428. The lowest BCUT2D eigenvalue weighted by molar-refractivity contribution is -0.182. The molecule has 3 N–H and O–H groups in total. The molecule has 0 aliphatic carbocycles. The highest BCUT2D eigenvalue weighted by atomic mass is 19.4. The third-order valence-corrected chi connectivity index (χ3v) is 3.76. The first kappa shape index (κ1) is 16.5. The summed E-state index contributed by atoms with van der Waals surface area (Å²) in [5.74, 6) is -3.74. The molecule has 2 atom stereocenters. The summed E-state index contributed by atoms with van der Waals surface area (Å²) in [6.07, 6.45) is -3.94. The van der Waals surface area contributed by atoms with Crippen LogP contribution in [-0.2, 0) is 17.8 Å². The molecular formula is C13H17F3N4O2. The van der Waals surface area contributed by atoms with Gasteiger partial charge in [0, 0.05) is 24.8 Å². The van der Waals surface area contributed by atoms with Crippen molar-refractivity contribution in [3.8, 4) is 0 Å². The molecule has 0 unspecified atom stereocenters. The second kappa shape index (κ2) is 6.07. The SMILES string of the molecule is CCc1cc(=O)[nH]c(CN2C[C@@H](C(F)(F)F)[C@H](C(N)=O)C2)n1. The Morgan fingerprint density at radius 1 is 1.50 bits per heavy atom. The summed E-state index contributed by atoms with van der Waals surface area (Å²) in [5, 5.41) is 0. The smallest absolute Gasteiger partial charge is 0.369 e. The normalized spacial score (nSPS) is 22.9. The van der Waals surface area contributed by atoms with E-state index in [4.69, 9.17) is 5.73 Å². The molecule has 9 heteroatoms. The van der Waals surface area contributed by atoms with Crippen LogP contribution in [0.1, 0.15) is 18.4 Å². The zero-order chi connectivity index (χ0) is 16.5. The number of alkyl halides is 3. The van der Waals surface area contributed by atoms with E-state index in [0.717, 1.165) is 0 Å². The molecular weight excluding hydrogens is 301 g/mol. The minimum Gasteiger partial charge on any atom is -0.369 e. The quantitative estimate of drug-likeness (QED) is 0.842. The number of hydrogen-bond donors (Lipinski definition) is 2. The molecule has 1 aliphatic heterocycles. The molecule has 1 aliphatic rings. The van der Waals surface area contributed by atoms with E-state index in [0.29, 0.717) is 12.1 Å². The number of carbonyl (C=O) groups is 1. The van der Waals surface area contributed by atoms with Gasteiger partial charge in [0.25, 0.3) is 5.56 Å². The van der Waals surface area contributed by atoms with Crippen molar-refractivity contribution in [3.05, 3.63) is 27.9 Å². The van der Waals surface area contributed by atoms with Crippen LogP contribution in [0.15, 0.2) is 10.9 Å². The zero-order valence-electron chi connectivity index (χ0n) is 12.0. The number of H-pyrrole nitrogens is 1. The van der Waals surface area contributed by atoms with Crippen LogP contribution in [0.3, 0.4) is 0 Å². The first-order valence-corrected chi connectivity index (χ1v) is 6.88. The molecule has 0 aromatic carbocycles. The number of amides is 1. The van der Waals surface area contributed by atoms with Gasteiger partial charge >= 0.3 is 6.18 Å². The van der Waals surface area contributed by atoms with Crippen molar-refractivity contribution in [3.63, 3.8) is 0 Å². The number of aromatic nitrogens is 2. The Morgan fingerprint density at radius 3 is 2.68 bits per heavy atom. The molecule has 0 radical (unpaired) electrons. The minimum absolute atomic E-state index is 0.0411. The van der Waals surface area contributed by atoms with Crippen molar-refractivity contribution >= 4 is 5.91 Å². The van der Waals surface area contributed by atoms with Gasteiger partial charge in [-0.3, -0.25) is 14.5 Å². The highest BCUT2D eigenvalue weighted by Crippen LogP contribution is 2.37. The molecule has 1 aromatic rings. The van der Waals surface area contributed by atoms with E-state index < -0.39 is 23.9 Å². The van der Waals surface area contributed by atoms with E-state index >= 15 is 0 Å². The van der Waals surface area contributed by atoms with Crippen LogP contribution in [-0.4, -0.2) is 40.0 Å². The Morgan fingerprint density at radius 2 is 2.18 bits per heavy atom. The van der Waals surface area contributed by atoms with Crippen molar-refractivity contribution in [2.75, 3.05) is 13.1 Å². The predicted molar refractivity (Wildman–Crippen MR) is 71.7 cm³/mol. The molecule has 1 aromatic heterocycles. The number of carbonyl (C=O) groups excluding carboxylic acids is 1. The third kappa shape index (κ3) is 3.65. The third-order valence-electron chi connectivity index (χ3n) is 3.76. The lowest BCUT2D eigenvalue weighted by Gasteiger charge is -2.18. The number of primary amides is 1. The number of hydrogen-bond acceptors (Lipinski definition) is 4. The highest BCUT2D eigenvalue weighted by molar-refractivity contribution is 5.77. The van der Waals surface area contributed by atoms with E-state index in [9.17, 15) is 22.8 Å². The largest absolute Gasteiger partial charge is 0.393 e. The first-order valence-electron chi connectivity index (χ1n) is 6.88. The summed E-state index contributed by atoms with van der Waals surface area (Å²) in [4.78, 5) is 30.8. The average molecular weight is 318 g/mol. The van der Waals surface area contributed by atoms with Gasteiger partial charge in [-0.25, -0.2) is 4.98 Å². The van der Waals surface area contributed by atoms with Crippen LogP contribution in [0, 0.1) is 11.8 Å². The Bertz CT molecular complexity index is 614. The molecule has 6 nitrogen and oxygen atoms in total. The van der Waals surface area contributed by atoms with Gasteiger partial charge < -0.3 is 10.7 Å². The monoisotopic (exact) mass is 318 g/mol. The number of nitrogens with one attached hydrogen (secondary N) is 1. The molecule has 2 heterocycles. The van der Waals surface area contributed by atoms with Crippen LogP contribution >= 0.6 is 0 Å². The molecule has 0 saturated carbocycles. The van der Waals surface area contributed by atoms with Crippen molar-refractivity contribution < 1.29 is 18.0 Å². The second-order valence-corrected chi connectivity index (χ2v) is 5.39. The van der Waals surface area contributed by atoms with Gasteiger partial charge in [-0.1, -0.05) is 6.92 Å². The van der Waals surface area contributed by atoms with Gasteiger partial charge in [0.2, 0.25) is 5.91 Å². The second-order valence-electron chi connectivity index (χ2n) is 5.39. The van der Waals surface area contributed by atoms with Crippen molar-refractivity contribution in [2.24, 2.45) is 17.6 Å². The Kier molecular flexibility index (Phi) is 4.55. The van der Waals surface area contributed by atoms with Crippen molar-refractivity contribution in [1.82, 2.24) is 14.9 Å². The summed E-state index contributed by atoms with van der Waals surface area (Å²) >= 11 is 0. The van der Waals surface area contributed by atoms with Gasteiger partial charge in [-0.15, -0.1) is 0 Å². The van der Waals surface area contributed by atoms with Gasteiger partial charge in [-0.05, 0) is 6.42 Å². The maximum atomic E-state index is 13.0. The van der Waals surface area contributed by atoms with E-state index in [2.05, 4.69) is 9.97 Å². The van der Waals surface area contributed by atoms with Gasteiger partial charge in [0.15, 0.2) is 0 Å². The van der Waals surface area contributed by atoms with Crippen LogP contribution in [0.4, 0.5) is 13.2 Å². The maximum Gasteiger partial charge on any atom is 0.393 e.